The summed E-state index contributed by atoms with van der Waals surface area (Å²) in [6.07, 6.45) is 3.86. The number of nitrogens with one attached hydrogen (secondary N) is 1. The highest BCUT2D eigenvalue weighted by Gasteiger charge is 1.99. The van der Waals surface area contributed by atoms with Crippen LogP contribution in [0.25, 0.3) is 0 Å². The lowest BCUT2D eigenvalue weighted by Gasteiger charge is -2.08. The average molecular weight is 274 g/mol. The van der Waals surface area contributed by atoms with Crippen LogP contribution in [0.15, 0.2) is 47.5 Å². The van der Waals surface area contributed by atoms with Crippen molar-refractivity contribution in [3.8, 4) is 5.75 Å². The van der Waals surface area contributed by atoms with E-state index in [0.717, 1.165) is 23.7 Å². The lowest BCUT2D eigenvalue weighted by Crippen LogP contribution is -2.01. The number of aromatic nitrogens is 1. The Hall–Kier alpha value is -1.68. The molecule has 3 nitrogen and oxygen atoms in total. The highest BCUT2D eigenvalue weighted by molar-refractivity contribution is 7.98. The van der Waals surface area contributed by atoms with Gasteiger partial charge in [-0.3, -0.25) is 4.98 Å². The second-order valence-electron chi connectivity index (χ2n) is 4.03. The van der Waals surface area contributed by atoms with Crippen molar-refractivity contribution in [2.24, 2.45) is 0 Å². The monoisotopic (exact) mass is 274 g/mol. The van der Waals surface area contributed by atoms with Crippen molar-refractivity contribution >= 4 is 17.4 Å². The number of ether oxygens (including phenoxy) is 1. The third kappa shape index (κ3) is 4.17. The molecule has 0 aliphatic heterocycles. The van der Waals surface area contributed by atoms with Gasteiger partial charge in [0.25, 0.3) is 0 Å². The summed E-state index contributed by atoms with van der Waals surface area (Å²) in [6.45, 7) is 3.46. The Morgan fingerprint density at radius 1 is 1.21 bits per heavy atom. The maximum Gasteiger partial charge on any atom is 0.130 e. The van der Waals surface area contributed by atoms with Crippen molar-refractivity contribution in [2.75, 3.05) is 18.1 Å². The molecule has 1 aromatic heterocycles. The van der Waals surface area contributed by atoms with Crippen molar-refractivity contribution < 1.29 is 4.74 Å². The van der Waals surface area contributed by atoms with Crippen LogP contribution in [0.5, 0.6) is 5.75 Å². The van der Waals surface area contributed by atoms with Crippen molar-refractivity contribution in [3.63, 3.8) is 0 Å². The van der Waals surface area contributed by atoms with Gasteiger partial charge in [0.15, 0.2) is 0 Å². The Labute approximate surface area is 118 Å². The molecule has 0 saturated heterocycles. The van der Waals surface area contributed by atoms with Gasteiger partial charge in [-0.1, -0.05) is 0 Å². The summed E-state index contributed by atoms with van der Waals surface area (Å²) in [7, 11) is 0. The van der Waals surface area contributed by atoms with E-state index in [9.17, 15) is 0 Å². The minimum absolute atomic E-state index is 0.484. The zero-order chi connectivity index (χ0) is 13.5. The third-order valence-electron chi connectivity index (χ3n) is 2.64. The van der Waals surface area contributed by atoms with Gasteiger partial charge in [0.1, 0.15) is 12.4 Å². The van der Waals surface area contributed by atoms with Gasteiger partial charge in [-0.15, -0.1) is 11.8 Å². The van der Waals surface area contributed by atoms with Crippen molar-refractivity contribution in [3.05, 3.63) is 48.3 Å². The summed E-state index contributed by atoms with van der Waals surface area (Å²) in [5.74, 6) is 0.869. The van der Waals surface area contributed by atoms with Crippen LogP contribution in [-0.2, 0) is 6.61 Å². The number of benzene rings is 1. The zero-order valence-corrected chi connectivity index (χ0v) is 12.0. The van der Waals surface area contributed by atoms with E-state index in [1.54, 1.807) is 18.0 Å². The van der Waals surface area contributed by atoms with Gasteiger partial charge in [0.05, 0.1) is 5.69 Å². The minimum atomic E-state index is 0.484. The smallest absolute Gasteiger partial charge is 0.130 e. The van der Waals surface area contributed by atoms with Crippen molar-refractivity contribution in [1.29, 1.82) is 0 Å². The first-order chi connectivity index (χ1) is 9.31. The zero-order valence-electron chi connectivity index (χ0n) is 11.2. The lowest BCUT2D eigenvalue weighted by atomic mass is 10.3. The summed E-state index contributed by atoms with van der Waals surface area (Å²) < 4.78 is 5.73. The van der Waals surface area contributed by atoms with Gasteiger partial charge in [-0.05, 0) is 49.6 Å². The summed E-state index contributed by atoms with van der Waals surface area (Å²) >= 11 is 1.72. The van der Waals surface area contributed by atoms with E-state index >= 15 is 0 Å². The molecule has 1 aromatic carbocycles. The first-order valence-electron chi connectivity index (χ1n) is 6.27. The molecule has 100 valence electrons. The van der Waals surface area contributed by atoms with E-state index in [-0.39, 0.29) is 0 Å². The molecule has 0 spiro atoms. The number of hydrogen-bond acceptors (Lipinski definition) is 4. The Balaban J connectivity index is 1.95. The normalized spacial score (nSPS) is 10.2. The fourth-order valence-corrected chi connectivity index (χ4v) is 2.11. The fourth-order valence-electron chi connectivity index (χ4n) is 1.70. The first-order valence-corrected chi connectivity index (χ1v) is 7.50. The Kier molecular flexibility index (Phi) is 5.10. The standard InChI is InChI=1S/C15H18N2OS/c1-3-16-12-8-9-17-13(10-12)11-18-14-4-6-15(19-2)7-5-14/h4-10H,3,11H2,1-2H3,(H,16,17). The topological polar surface area (TPSA) is 34.2 Å². The molecular formula is C15H18N2OS. The number of nitrogens with zero attached hydrogens (tertiary/aromatic N) is 1. The highest BCUT2D eigenvalue weighted by Crippen LogP contribution is 2.19. The average Bonchev–Trinajstić information content (AvgIpc) is 2.46. The fraction of sp³-hybridized carbons (Fsp3) is 0.267. The summed E-state index contributed by atoms with van der Waals surface area (Å²) in [5.41, 5.74) is 2.00. The molecule has 0 atom stereocenters. The summed E-state index contributed by atoms with van der Waals surface area (Å²) in [6, 6.07) is 12.1. The van der Waals surface area contributed by atoms with Crippen molar-refractivity contribution in [2.45, 2.75) is 18.4 Å². The van der Waals surface area contributed by atoms with E-state index in [4.69, 9.17) is 4.74 Å². The molecule has 2 aromatic rings. The molecule has 19 heavy (non-hydrogen) atoms. The van der Waals surface area contributed by atoms with Gasteiger partial charge >= 0.3 is 0 Å². The largest absolute Gasteiger partial charge is 0.487 e. The third-order valence-corrected chi connectivity index (χ3v) is 3.39. The molecule has 0 bridgehead atoms. The molecule has 0 aliphatic rings. The number of hydrogen-bond donors (Lipinski definition) is 1. The molecule has 0 radical (unpaired) electrons. The number of anilines is 1. The van der Waals surface area contributed by atoms with Gasteiger partial charge < -0.3 is 10.1 Å². The molecule has 0 amide bonds. The molecule has 1 N–H and O–H groups in total. The van der Waals surface area contributed by atoms with Gasteiger partial charge in [0.2, 0.25) is 0 Å². The maximum absolute atomic E-state index is 5.73. The van der Waals surface area contributed by atoms with E-state index in [0.29, 0.717) is 6.61 Å². The second kappa shape index (κ2) is 7.04. The maximum atomic E-state index is 5.73. The molecule has 1 heterocycles. The highest BCUT2D eigenvalue weighted by atomic mass is 32.2. The van der Waals surface area contributed by atoms with Crippen LogP contribution in [0.2, 0.25) is 0 Å². The van der Waals surface area contributed by atoms with E-state index in [1.807, 2.05) is 24.3 Å². The number of pyridine rings is 1. The first kappa shape index (κ1) is 13.7. The molecule has 2 rings (SSSR count). The van der Waals surface area contributed by atoms with E-state index < -0.39 is 0 Å². The van der Waals surface area contributed by atoms with Crippen LogP contribution in [0.4, 0.5) is 5.69 Å². The summed E-state index contributed by atoms with van der Waals surface area (Å²) in [5, 5.41) is 3.26. The minimum Gasteiger partial charge on any atom is -0.487 e. The SMILES string of the molecule is CCNc1ccnc(COc2ccc(SC)cc2)c1. The van der Waals surface area contributed by atoms with Crippen molar-refractivity contribution in [1.82, 2.24) is 4.98 Å². The van der Waals surface area contributed by atoms with Crippen LogP contribution >= 0.6 is 11.8 Å². The van der Waals surface area contributed by atoms with E-state index in [2.05, 4.69) is 35.6 Å². The summed E-state index contributed by atoms with van der Waals surface area (Å²) in [4.78, 5) is 5.54. The number of thioether (sulfide) groups is 1. The van der Waals surface area contributed by atoms with Gasteiger partial charge in [-0.2, -0.15) is 0 Å². The Bertz CT molecular complexity index is 514. The van der Waals surface area contributed by atoms with Gasteiger partial charge in [-0.25, -0.2) is 0 Å². The van der Waals surface area contributed by atoms with Crippen LogP contribution in [0.3, 0.4) is 0 Å². The Morgan fingerprint density at radius 2 is 2.00 bits per heavy atom. The van der Waals surface area contributed by atoms with Crippen LogP contribution < -0.4 is 10.1 Å². The predicted octanol–water partition coefficient (Wildman–Crippen LogP) is 3.81. The second-order valence-corrected chi connectivity index (χ2v) is 4.91. The quantitative estimate of drug-likeness (QED) is 0.812. The van der Waals surface area contributed by atoms with Crippen LogP contribution in [0, 0.1) is 0 Å². The van der Waals surface area contributed by atoms with Crippen LogP contribution in [0.1, 0.15) is 12.6 Å². The predicted molar refractivity (Wildman–Crippen MR) is 81.0 cm³/mol. The molecule has 0 unspecified atom stereocenters. The molecule has 0 fully saturated rings. The molecule has 4 heteroatoms. The van der Waals surface area contributed by atoms with Gasteiger partial charge in [0, 0.05) is 23.3 Å². The molecule has 0 saturated carbocycles. The lowest BCUT2D eigenvalue weighted by molar-refractivity contribution is 0.301. The molecule has 0 aliphatic carbocycles. The number of rotatable bonds is 6. The van der Waals surface area contributed by atoms with E-state index in [1.165, 1.54) is 4.90 Å². The molecular weight excluding hydrogens is 256 g/mol. The Morgan fingerprint density at radius 3 is 2.68 bits per heavy atom. The van der Waals surface area contributed by atoms with Crippen LogP contribution in [-0.4, -0.2) is 17.8 Å².